The fourth-order valence-electron chi connectivity index (χ4n) is 2.54. The van der Waals surface area contributed by atoms with Gasteiger partial charge < -0.3 is 15.5 Å². The minimum atomic E-state index is -2.55. The monoisotopic (exact) mass is 329 g/mol. The minimum absolute atomic E-state index is 0.122. The maximum atomic E-state index is 13.1. The summed E-state index contributed by atoms with van der Waals surface area (Å²) in [5.74, 6) is -2.44. The molecule has 1 fully saturated rings. The highest BCUT2D eigenvalue weighted by atomic mass is 19.3. The Bertz CT molecular complexity index is 499. The lowest BCUT2D eigenvalue weighted by molar-refractivity contribution is -0.121. The van der Waals surface area contributed by atoms with Gasteiger partial charge in [0.15, 0.2) is 0 Å². The van der Waals surface area contributed by atoms with Gasteiger partial charge in [-0.25, -0.2) is 8.78 Å². The highest BCUT2D eigenvalue weighted by Gasteiger charge is 2.33. The SMILES string of the molecule is O=CNC(CCCN1CCC(F)(F)CC1)C(=O)Nc1ccn[nH]1. The average Bonchev–Trinajstić information content (AvgIpc) is 3.01. The van der Waals surface area contributed by atoms with Crippen molar-refractivity contribution in [2.75, 3.05) is 25.0 Å². The van der Waals surface area contributed by atoms with Crippen LogP contribution in [-0.4, -0.2) is 59.0 Å². The van der Waals surface area contributed by atoms with E-state index >= 15 is 0 Å². The van der Waals surface area contributed by atoms with E-state index in [-0.39, 0.29) is 18.7 Å². The first kappa shape index (κ1) is 17.3. The standard InChI is InChI=1S/C14H21F2N5O2/c15-14(16)4-8-21(9-5-14)7-1-2-11(17-10-22)13(23)19-12-3-6-18-20-12/h3,6,10-11H,1-2,4-5,7-9H2,(H,17,22)(H2,18,19,20,23). The first-order valence-electron chi connectivity index (χ1n) is 7.60. The van der Waals surface area contributed by atoms with Crippen LogP contribution in [0.25, 0.3) is 0 Å². The van der Waals surface area contributed by atoms with Crippen molar-refractivity contribution in [3.63, 3.8) is 0 Å². The van der Waals surface area contributed by atoms with Crippen LogP contribution in [-0.2, 0) is 9.59 Å². The van der Waals surface area contributed by atoms with Gasteiger partial charge in [-0.3, -0.25) is 14.7 Å². The summed E-state index contributed by atoms with van der Waals surface area (Å²) >= 11 is 0. The number of alkyl halides is 2. The number of likely N-dealkylation sites (tertiary alicyclic amines) is 1. The molecule has 128 valence electrons. The Morgan fingerprint density at radius 2 is 2.22 bits per heavy atom. The molecule has 9 heteroatoms. The van der Waals surface area contributed by atoms with E-state index in [1.807, 2.05) is 4.90 Å². The Kier molecular flexibility index (Phi) is 6.03. The Labute approximate surface area is 132 Å². The Morgan fingerprint density at radius 1 is 1.48 bits per heavy atom. The van der Waals surface area contributed by atoms with Gasteiger partial charge in [-0.1, -0.05) is 0 Å². The van der Waals surface area contributed by atoms with Crippen LogP contribution < -0.4 is 10.6 Å². The molecule has 1 aromatic heterocycles. The van der Waals surface area contributed by atoms with Crippen LogP contribution in [0.2, 0.25) is 0 Å². The quantitative estimate of drug-likeness (QED) is 0.620. The van der Waals surface area contributed by atoms with Gasteiger partial charge >= 0.3 is 0 Å². The Balaban J connectivity index is 1.74. The first-order valence-corrected chi connectivity index (χ1v) is 7.60. The summed E-state index contributed by atoms with van der Waals surface area (Å²) in [6.07, 6.45) is 2.81. The molecule has 2 amide bonds. The van der Waals surface area contributed by atoms with Crippen LogP contribution in [0.3, 0.4) is 0 Å². The van der Waals surface area contributed by atoms with E-state index in [0.717, 1.165) is 0 Å². The molecule has 23 heavy (non-hydrogen) atoms. The molecule has 1 atom stereocenters. The molecule has 0 spiro atoms. The predicted molar refractivity (Wildman–Crippen MR) is 80.1 cm³/mol. The molecule has 1 saturated heterocycles. The fraction of sp³-hybridized carbons (Fsp3) is 0.643. The lowest BCUT2D eigenvalue weighted by atomic mass is 10.1. The van der Waals surface area contributed by atoms with E-state index in [9.17, 15) is 18.4 Å². The van der Waals surface area contributed by atoms with Gasteiger partial charge in [0, 0.05) is 32.0 Å². The van der Waals surface area contributed by atoms with Crippen LogP contribution >= 0.6 is 0 Å². The molecule has 0 bridgehead atoms. The molecule has 0 aromatic carbocycles. The van der Waals surface area contributed by atoms with Gasteiger partial charge in [0.1, 0.15) is 11.9 Å². The highest BCUT2D eigenvalue weighted by Crippen LogP contribution is 2.27. The van der Waals surface area contributed by atoms with Crippen molar-refractivity contribution in [2.24, 2.45) is 0 Å². The number of halogens is 2. The van der Waals surface area contributed by atoms with E-state index in [0.29, 0.717) is 44.7 Å². The first-order chi connectivity index (χ1) is 11.0. The number of nitrogens with one attached hydrogen (secondary N) is 3. The number of piperidine rings is 1. The van der Waals surface area contributed by atoms with Gasteiger partial charge in [-0.05, 0) is 19.4 Å². The molecule has 2 heterocycles. The molecule has 1 aliphatic rings. The fourth-order valence-corrected chi connectivity index (χ4v) is 2.54. The molecule has 0 saturated carbocycles. The third-order valence-corrected chi connectivity index (χ3v) is 3.90. The summed E-state index contributed by atoms with van der Waals surface area (Å²) in [6, 6.07) is 0.936. The smallest absolute Gasteiger partial charge is 0.250 e. The molecule has 1 aliphatic heterocycles. The third-order valence-electron chi connectivity index (χ3n) is 3.90. The largest absolute Gasteiger partial charge is 0.347 e. The highest BCUT2D eigenvalue weighted by molar-refractivity contribution is 5.94. The summed E-state index contributed by atoms with van der Waals surface area (Å²) < 4.78 is 26.2. The van der Waals surface area contributed by atoms with Crippen LogP contribution in [0.1, 0.15) is 25.7 Å². The molecule has 7 nitrogen and oxygen atoms in total. The van der Waals surface area contributed by atoms with Gasteiger partial charge in [0.25, 0.3) is 5.92 Å². The van der Waals surface area contributed by atoms with Gasteiger partial charge in [-0.2, -0.15) is 5.10 Å². The molecule has 1 unspecified atom stereocenters. The number of aromatic nitrogens is 2. The molecule has 3 N–H and O–H groups in total. The van der Waals surface area contributed by atoms with Crippen molar-refractivity contribution in [2.45, 2.75) is 37.6 Å². The molecule has 1 aromatic rings. The van der Waals surface area contributed by atoms with Crippen molar-refractivity contribution in [3.05, 3.63) is 12.3 Å². The number of nitrogens with zero attached hydrogens (tertiary/aromatic N) is 2. The van der Waals surface area contributed by atoms with Crippen LogP contribution in [0.5, 0.6) is 0 Å². The number of aromatic amines is 1. The normalized spacial score (nSPS) is 19.0. The molecular formula is C14H21F2N5O2. The zero-order valence-electron chi connectivity index (χ0n) is 12.7. The third kappa shape index (κ3) is 5.59. The van der Waals surface area contributed by atoms with E-state index in [2.05, 4.69) is 20.8 Å². The number of hydrogen-bond acceptors (Lipinski definition) is 4. The zero-order chi connectivity index (χ0) is 16.7. The summed E-state index contributed by atoms with van der Waals surface area (Å²) in [5, 5.41) is 11.4. The molecule has 0 radical (unpaired) electrons. The predicted octanol–water partition coefficient (Wildman–Crippen LogP) is 0.974. The number of rotatable bonds is 8. The van der Waals surface area contributed by atoms with Crippen LogP contribution in [0.4, 0.5) is 14.6 Å². The molecule has 2 rings (SSSR count). The lowest BCUT2D eigenvalue weighted by Crippen LogP contribution is -2.42. The molecular weight excluding hydrogens is 308 g/mol. The van der Waals surface area contributed by atoms with Gasteiger partial charge in [-0.15, -0.1) is 0 Å². The number of hydrogen-bond donors (Lipinski definition) is 3. The van der Waals surface area contributed by atoms with Crippen LogP contribution in [0.15, 0.2) is 12.3 Å². The van der Waals surface area contributed by atoms with Gasteiger partial charge in [0.05, 0.1) is 6.20 Å². The van der Waals surface area contributed by atoms with Crippen molar-refractivity contribution in [3.8, 4) is 0 Å². The second kappa shape index (κ2) is 8.00. The Hall–Kier alpha value is -2.03. The lowest BCUT2D eigenvalue weighted by Gasteiger charge is -2.31. The summed E-state index contributed by atoms with van der Waals surface area (Å²) in [6.45, 7) is 1.35. The number of amides is 2. The number of H-pyrrole nitrogens is 1. The number of anilines is 1. The van der Waals surface area contributed by atoms with E-state index in [1.165, 1.54) is 6.20 Å². The second-order valence-corrected chi connectivity index (χ2v) is 5.64. The van der Waals surface area contributed by atoms with Crippen molar-refractivity contribution in [1.82, 2.24) is 20.4 Å². The van der Waals surface area contributed by atoms with Gasteiger partial charge in [0.2, 0.25) is 12.3 Å². The summed E-state index contributed by atoms with van der Waals surface area (Å²) in [5.41, 5.74) is 0. The average molecular weight is 329 g/mol. The van der Waals surface area contributed by atoms with Crippen molar-refractivity contribution >= 4 is 18.1 Å². The number of carbonyl (C=O) groups is 2. The second-order valence-electron chi connectivity index (χ2n) is 5.64. The van der Waals surface area contributed by atoms with E-state index < -0.39 is 12.0 Å². The summed E-state index contributed by atoms with van der Waals surface area (Å²) in [7, 11) is 0. The van der Waals surface area contributed by atoms with E-state index in [1.54, 1.807) is 6.07 Å². The summed E-state index contributed by atoms with van der Waals surface area (Å²) in [4.78, 5) is 24.7. The van der Waals surface area contributed by atoms with Crippen LogP contribution in [0, 0.1) is 0 Å². The maximum Gasteiger partial charge on any atom is 0.250 e. The minimum Gasteiger partial charge on any atom is -0.347 e. The topological polar surface area (TPSA) is 90.1 Å². The maximum absolute atomic E-state index is 13.1. The van der Waals surface area contributed by atoms with Crippen molar-refractivity contribution < 1.29 is 18.4 Å². The molecule has 0 aliphatic carbocycles. The Morgan fingerprint density at radius 3 is 2.83 bits per heavy atom. The van der Waals surface area contributed by atoms with E-state index in [4.69, 9.17) is 0 Å². The number of carbonyl (C=O) groups excluding carboxylic acids is 2. The van der Waals surface area contributed by atoms with Crippen molar-refractivity contribution in [1.29, 1.82) is 0 Å². The zero-order valence-corrected chi connectivity index (χ0v) is 12.7.